The Bertz CT molecular complexity index is 2710. The molecule has 5 aromatic rings. The van der Waals surface area contributed by atoms with Crippen LogP contribution in [0.25, 0.3) is 22.6 Å². The van der Waals surface area contributed by atoms with E-state index >= 15 is 0 Å². The number of hydrogen-bond donors (Lipinski definition) is 2. The van der Waals surface area contributed by atoms with Gasteiger partial charge in [-0.1, -0.05) is 23.2 Å². The summed E-state index contributed by atoms with van der Waals surface area (Å²) in [4.78, 5) is 49.1. The molecule has 4 aliphatic heterocycles. The van der Waals surface area contributed by atoms with Gasteiger partial charge in [-0.15, -0.1) is 6.42 Å². The second-order valence-corrected chi connectivity index (χ2v) is 20.7. The van der Waals surface area contributed by atoms with E-state index in [1.807, 2.05) is 59.7 Å². The van der Waals surface area contributed by atoms with E-state index in [2.05, 4.69) is 36.5 Å². The Labute approximate surface area is 454 Å². The normalized spacial score (nSPS) is 18.4. The standard InChI is InChI=1S/C23H31N3O6.C16H20N2O3.C13H15N3O3.C3H7NO2/c1-23(2,3)31-22(27)26-8-7-18(26)15-29-19-10-16(12-24-13-19)20-11-17(25-32-20)14-30-21-6-4-5-9-28-21;1-5-12-8-14(10-17-9-12)20-11-13-6-7-18(13)15(19)21-16(2,3)4;17-7-11-4-13(19-16-11)9-3-12(6-14-5-9)18-8-10-1-2-15-10;1-2-3-4(5)6/h10-13,18,21H,4-9,14-15H2,1-3H3;1,8-10,13H,6-7,11H2,2-4H3;3-6,10,15,17H,1-2,7-8H2;2-3H2,1H3/t18-,21?;13-;10-;/m000./s1. The fourth-order valence-corrected chi connectivity index (χ4v) is 7.51. The molecule has 23 heteroatoms. The molecule has 0 bridgehead atoms. The van der Waals surface area contributed by atoms with Crippen molar-refractivity contribution >= 4 is 12.2 Å². The molecule has 2 N–H and O–H groups in total. The molecular weight excluding hydrogens is 1010 g/mol. The van der Waals surface area contributed by atoms with Gasteiger partial charge < -0.3 is 62.4 Å². The van der Waals surface area contributed by atoms with Gasteiger partial charge in [-0.3, -0.25) is 25.1 Å². The molecule has 0 radical (unpaired) electrons. The van der Waals surface area contributed by atoms with Crippen molar-refractivity contribution in [2.24, 2.45) is 0 Å². The fraction of sp³-hybridized carbons (Fsp3) is 0.545. The maximum Gasteiger partial charge on any atom is 0.410 e. The molecule has 422 valence electrons. The van der Waals surface area contributed by atoms with Crippen LogP contribution in [0.2, 0.25) is 0 Å². The molecular formula is C55H73N9O14. The topological polar surface area (TPSA) is 271 Å². The van der Waals surface area contributed by atoms with Crippen molar-refractivity contribution in [3.05, 3.63) is 94.6 Å². The Balaban J connectivity index is 0.000000186. The van der Waals surface area contributed by atoms with Crippen LogP contribution in [0.1, 0.15) is 110 Å². The van der Waals surface area contributed by atoms with Gasteiger partial charge in [0.1, 0.15) is 59.7 Å². The third-order valence-corrected chi connectivity index (χ3v) is 11.9. The summed E-state index contributed by atoms with van der Waals surface area (Å²) >= 11 is 0. The molecule has 1 unspecified atom stereocenters. The SMILES string of the molecule is C#Cc1cncc(OC[C@@H]2CCN2C(=O)OC(C)(C)C)c1.CC(C)(C)OC(=O)N1CC[C@H]1COc1cncc(-c2cc(COC3CCCCO3)no2)c1.CCC[N+](=O)[O-].OCc1cc(-c2cncc(OC[C@@H]3CCN3)c2)on1. The van der Waals surface area contributed by atoms with Crippen molar-refractivity contribution in [1.29, 1.82) is 0 Å². The van der Waals surface area contributed by atoms with Crippen LogP contribution in [-0.4, -0.2) is 146 Å². The Morgan fingerprint density at radius 1 is 0.756 bits per heavy atom. The number of carbonyl (C=O) groups excluding carboxylic acids is 2. The number of nitrogens with one attached hydrogen (secondary N) is 1. The van der Waals surface area contributed by atoms with Crippen molar-refractivity contribution in [3.63, 3.8) is 0 Å². The fourth-order valence-electron chi connectivity index (χ4n) is 7.51. The number of aliphatic hydroxyl groups is 1. The lowest BCUT2D eigenvalue weighted by Gasteiger charge is -2.40. The lowest BCUT2D eigenvalue weighted by Crippen LogP contribution is -2.55. The van der Waals surface area contributed by atoms with E-state index in [-0.39, 0.29) is 48.6 Å². The van der Waals surface area contributed by atoms with E-state index in [1.54, 1.807) is 66.0 Å². The van der Waals surface area contributed by atoms with E-state index in [9.17, 15) is 19.7 Å². The number of nitro groups is 1. The number of carbonyl (C=O) groups is 2. The highest BCUT2D eigenvalue weighted by Gasteiger charge is 2.37. The predicted octanol–water partition coefficient (Wildman–Crippen LogP) is 8.26. The third kappa shape index (κ3) is 19.9. The summed E-state index contributed by atoms with van der Waals surface area (Å²) in [5.41, 5.74) is 2.41. The summed E-state index contributed by atoms with van der Waals surface area (Å²) in [6.45, 7) is 17.8. The first-order valence-corrected chi connectivity index (χ1v) is 26.2. The second-order valence-electron chi connectivity index (χ2n) is 20.7. The summed E-state index contributed by atoms with van der Waals surface area (Å²) in [7, 11) is 0. The van der Waals surface area contributed by atoms with Crippen LogP contribution in [0, 0.1) is 22.5 Å². The highest BCUT2D eigenvalue weighted by atomic mass is 16.7. The molecule has 4 aliphatic rings. The van der Waals surface area contributed by atoms with Crippen LogP contribution in [0.5, 0.6) is 17.2 Å². The van der Waals surface area contributed by atoms with Gasteiger partial charge in [0.2, 0.25) is 6.54 Å². The molecule has 4 saturated heterocycles. The van der Waals surface area contributed by atoms with Gasteiger partial charge in [-0.05, 0) is 105 Å². The van der Waals surface area contributed by atoms with Crippen molar-refractivity contribution in [1.82, 2.24) is 40.4 Å². The van der Waals surface area contributed by atoms with Gasteiger partial charge in [0.25, 0.3) is 0 Å². The molecule has 0 saturated carbocycles. The minimum absolute atomic E-state index is 0.00968. The maximum atomic E-state index is 12.3. The molecule has 0 aliphatic carbocycles. The zero-order valence-electron chi connectivity index (χ0n) is 45.6. The predicted molar refractivity (Wildman–Crippen MR) is 284 cm³/mol. The molecule has 9 heterocycles. The molecule has 0 spiro atoms. The number of hydrogen-bond acceptors (Lipinski definition) is 20. The first-order chi connectivity index (χ1) is 37.4. The van der Waals surface area contributed by atoms with Crippen LogP contribution in [-0.2, 0) is 32.2 Å². The van der Waals surface area contributed by atoms with Gasteiger partial charge >= 0.3 is 12.2 Å². The summed E-state index contributed by atoms with van der Waals surface area (Å²) in [5.74, 6) is 5.58. The van der Waals surface area contributed by atoms with Gasteiger partial charge in [-0.25, -0.2) is 9.59 Å². The first-order valence-electron chi connectivity index (χ1n) is 26.2. The number of likely N-dealkylation sites (tertiary alicyclic amines) is 2. The van der Waals surface area contributed by atoms with Crippen LogP contribution in [0.4, 0.5) is 9.59 Å². The smallest absolute Gasteiger partial charge is 0.410 e. The minimum Gasteiger partial charge on any atom is -0.490 e. The molecule has 9 rings (SSSR count). The average Bonchev–Trinajstić information content (AvgIpc) is 4.06. The summed E-state index contributed by atoms with van der Waals surface area (Å²) in [6.07, 6.45) is 21.1. The van der Waals surface area contributed by atoms with E-state index in [0.29, 0.717) is 97.7 Å². The van der Waals surface area contributed by atoms with Crippen LogP contribution >= 0.6 is 0 Å². The zero-order chi connectivity index (χ0) is 56.1. The number of pyridine rings is 3. The number of rotatable bonds is 17. The van der Waals surface area contributed by atoms with Crippen LogP contribution in [0.3, 0.4) is 0 Å². The average molecular weight is 1080 g/mol. The van der Waals surface area contributed by atoms with Crippen molar-refractivity contribution in [2.45, 2.75) is 142 Å². The summed E-state index contributed by atoms with van der Waals surface area (Å²) in [5, 5.41) is 29.5. The quantitative estimate of drug-likeness (QED) is 0.0503. The van der Waals surface area contributed by atoms with E-state index < -0.39 is 11.2 Å². The maximum absolute atomic E-state index is 12.3. The Morgan fingerprint density at radius 3 is 1.71 bits per heavy atom. The zero-order valence-corrected chi connectivity index (χ0v) is 45.6. The lowest BCUT2D eigenvalue weighted by atomic mass is 10.1. The molecule has 23 nitrogen and oxygen atoms in total. The van der Waals surface area contributed by atoms with Crippen LogP contribution in [0.15, 0.2) is 76.6 Å². The Kier molecular flexibility index (Phi) is 22.5. The van der Waals surface area contributed by atoms with E-state index in [4.69, 9.17) is 53.7 Å². The largest absolute Gasteiger partial charge is 0.490 e. The highest BCUT2D eigenvalue weighted by molar-refractivity contribution is 5.70. The number of amides is 2. The van der Waals surface area contributed by atoms with Gasteiger partial charge in [0, 0.05) is 84.5 Å². The number of terminal acetylenes is 1. The van der Waals surface area contributed by atoms with Gasteiger partial charge in [0.15, 0.2) is 17.8 Å². The molecule has 5 aromatic heterocycles. The minimum atomic E-state index is -0.513. The number of aliphatic hydroxyl groups excluding tert-OH is 1. The molecule has 2 amide bonds. The van der Waals surface area contributed by atoms with Crippen LogP contribution < -0.4 is 19.5 Å². The number of ether oxygens (including phenoxy) is 7. The van der Waals surface area contributed by atoms with E-state index in [1.165, 1.54) is 0 Å². The molecule has 78 heavy (non-hydrogen) atoms. The van der Waals surface area contributed by atoms with E-state index in [0.717, 1.165) is 62.8 Å². The molecule has 0 aromatic carbocycles. The number of aromatic nitrogens is 5. The lowest BCUT2D eigenvalue weighted by molar-refractivity contribution is -0.479. The second kappa shape index (κ2) is 29.4. The first kappa shape index (κ1) is 59.8. The molecule has 4 atom stereocenters. The van der Waals surface area contributed by atoms with Crippen molar-refractivity contribution in [3.8, 4) is 52.2 Å². The van der Waals surface area contributed by atoms with Gasteiger partial charge in [-0.2, -0.15) is 0 Å². The summed E-state index contributed by atoms with van der Waals surface area (Å²) in [6, 6.07) is 9.44. The summed E-state index contributed by atoms with van der Waals surface area (Å²) < 4.78 is 50.0. The Hall–Kier alpha value is -7.39. The van der Waals surface area contributed by atoms with Crippen molar-refractivity contribution in [2.75, 3.05) is 52.6 Å². The number of nitrogens with zero attached hydrogens (tertiary/aromatic N) is 8. The Morgan fingerprint density at radius 2 is 1.28 bits per heavy atom. The van der Waals surface area contributed by atoms with Gasteiger partial charge in [0.05, 0.1) is 43.9 Å². The highest BCUT2D eigenvalue weighted by Crippen LogP contribution is 2.28. The monoisotopic (exact) mass is 1080 g/mol. The molecule has 4 fully saturated rings. The third-order valence-electron chi connectivity index (χ3n) is 11.9. The van der Waals surface area contributed by atoms with Crippen molar-refractivity contribution < 1.29 is 61.8 Å².